The summed E-state index contributed by atoms with van der Waals surface area (Å²) in [5.74, 6) is 1.70. The molecule has 0 aliphatic rings. The maximum Gasteiger partial charge on any atom is 0.167 e. The van der Waals surface area contributed by atoms with Gasteiger partial charge in [0.05, 0.1) is 23.8 Å². The van der Waals surface area contributed by atoms with E-state index in [0.29, 0.717) is 39.9 Å². The predicted molar refractivity (Wildman–Crippen MR) is 106 cm³/mol. The summed E-state index contributed by atoms with van der Waals surface area (Å²) in [6, 6.07) is 21.0. The molecule has 0 unspecified atom stereocenters. The highest BCUT2D eigenvalue weighted by atomic mass is 16.5. The minimum absolute atomic E-state index is 0.0583. The molecule has 0 aliphatic carbocycles. The lowest BCUT2D eigenvalue weighted by atomic mass is 10.1. The Kier molecular flexibility index (Phi) is 4.60. The molecule has 3 aromatic carbocycles. The van der Waals surface area contributed by atoms with Crippen molar-refractivity contribution in [3.63, 3.8) is 0 Å². The Morgan fingerprint density at radius 2 is 0.964 bits per heavy atom. The van der Waals surface area contributed by atoms with Crippen LogP contribution in [0.2, 0.25) is 0 Å². The highest BCUT2D eigenvalue weighted by Crippen LogP contribution is 2.34. The molecule has 0 fully saturated rings. The minimum atomic E-state index is 0.0583. The third kappa shape index (κ3) is 3.23. The van der Waals surface area contributed by atoms with Crippen molar-refractivity contribution in [1.82, 2.24) is 15.0 Å². The van der Waals surface area contributed by atoms with Gasteiger partial charge in [-0.25, -0.2) is 15.0 Å². The summed E-state index contributed by atoms with van der Waals surface area (Å²) in [5.41, 5.74) is 1.62. The summed E-state index contributed by atoms with van der Waals surface area (Å²) in [6.45, 7) is 0. The van der Waals surface area contributed by atoms with Crippen molar-refractivity contribution in [3.05, 3.63) is 72.8 Å². The van der Waals surface area contributed by atoms with Gasteiger partial charge in [0.15, 0.2) is 17.5 Å². The lowest BCUT2D eigenvalue weighted by Gasteiger charge is -2.11. The van der Waals surface area contributed by atoms with E-state index >= 15 is 0 Å². The molecule has 0 saturated carbocycles. The van der Waals surface area contributed by atoms with Gasteiger partial charge in [-0.1, -0.05) is 36.4 Å². The summed E-state index contributed by atoms with van der Waals surface area (Å²) < 4.78 is 5.44. The standard InChI is InChI=1S/C22H17N3O3/c1-28-19-13-7-4-10-16(19)22-24-20(14-8-2-5-11-17(14)26)23-21(25-22)15-9-3-6-12-18(15)27/h2-13,26-27H,1H3. The first-order valence-electron chi connectivity index (χ1n) is 8.63. The molecule has 0 amide bonds. The number of rotatable bonds is 4. The zero-order valence-corrected chi connectivity index (χ0v) is 15.1. The maximum atomic E-state index is 10.3. The number of para-hydroxylation sites is 3. The number of hydrogen-bond donors (Lipinski definition) is 2. The van der Waals surface area contributed by atoms with Crippen LogP contribution >= 0.6 is 0 Å². The van der Waals surface area contributed by atoms with Crippen LogP contribution in [-0.2, 0) is 0 Å². The molecular formula is C22H17N3O3. The van der Waals surface area contributed by atoms with E-state index in [1.807, 2.05) is 24.3 Å². The molecular weight excluding hydrogens is 354 g/mol. The maximum absolute atomic E-state index is 10.3. The van der Waals surface area contributed by atoms with Crippen LogP contribution in [0.25, 0.3) is 34.2 Å². The monoisotopic (exact) mass is 371 g/mol. The zero-order valence-electron chi connectivity index (χ0n) is 15.1. The lowest BCUT2D eigenvalue weighted by Crippen LogP contribution is -2.01. The number of benzene rings is 3. The minimum Gasteiger partial charge on any atom is -0.507 e. The third-order valence-electron chi connectivity index (χ3n) is 4.27. The summed E-state index contributed by atoms with van der Waals surface area (Å²) >= 11 is 0. The molecule has 6 nitrogen and oxygen atoms in total. The number of nitrogens with zero attached hydrogens (tertiary/aromatic N) is 3. The second kappa shape index (κ2) is 7.36. The fourth-order valence-corrected chi connectivity index (χ4v) is 2.89. The van der Waals surface area contributed by atoms with Gasteiger partial charge in [-0.3, -0.25) is 0 Å². The Morgan fingerprint density at radius 1 is 0.571 bits per heavy atom. The number of methoxy groups -OCH3 is 1. The van der Waals surface area contributed by atoms with Gasteiger partial charge in [-0.15, -0.1) is 0 Å². The van der Waals surface area contributed by atoms with E-state index in [0.717, 1.165) is 0 Å². The van der Waals surface area contributed by atoms with Crippen molar-refractivity contribution in [2.75, 3.05) is 7.11 Å². The van der Waals surface area contributed by atoms with Crippen molar-refractivity contribution in [1.29, 1.82) is 0 Å². The largest absolute Gasteiger partial charge is 0.507 e. The summed E-state index contributed by atoms with van der Waals surface area (Å²) in [6.07, 6.45) is 0. The summed E-state index contributed by atoms with van der Waals surface area (Å²) in [5, 5.41) is 20.5. The van der Waals surface area contributed by atoms with Gasteiger partial charge in [0, 0.05) is 0 Å². The number of aromatic nitrogens is 3. The molecule has 138 valence electrons. The van der Waals surface area contributed by atoms with Crippen LogP contribution in [0, 0.1) is 0 Å². The fraction of sp³-hybridized carbons (Fsp3) is 0.0455. The van der Waals surface area contributed by atoms with Crippen molar-refractivity contribution < 1.29 is 14.9 Å². The first-order valence-corrected chi connectivity index (χ1v) is 8.63. The molecule has 0 spiro atoms. The van der Waals surface area contributed by atoms with Crippen LogP contribution in [0.1, 0.15) is 0 Å². The Hall–Kier alpha value is -3.93. The highest BCUT2D eigenvalue weighted by molar-refractivity contribution is 5.73. The molecule has 1 heterocycles. The third-order valence-corrected chi connectivity index (χ3v) is 4.27. The highest BCUT2D eigenvalue weighted by Gasteiger charge is 2.17. The number of aromatic hydroxyl groups is 2. The van der Waals surface area contributed by atoms with Gasteiger partial charge >= 0.3 is 0 Å². The Labute approximate surface area is 161 Å². The molecule has 6 heteroatoms. The van der Waals surface area contributed by atoms with E-state index in [9.17, 15) is 10.2 Å². The van der Waals surface area contributed by atoms with E-state index < -0.39 is 0 Å². The number of phenols is 2. The molecule has 0 atom stereocenters. The van der Waals surface area contributed by atoms with Crippen molar-refractivity contribution >= 4 is 0 Å². The quantitative estimate of drug-likeness (QED) is 0.556. The first kappa shape index (κ1) is 17.5. The molecule has 0 saturated heterocycles. The van der Waals surface area contributed by atoms with Gasteiger partial charge in [-0.05, 0) is 36.4 Å². The smallest absolute Gasteiger partial charge is 0.167 e. The van der Waals surface area contributed by atoms with Gasteiger partial charge < -0.3 is 14.9 Å². The average molecular weight is 371 g/mol. The molecule has 4 aromatic rings. The molecule has 1 aromatic heterocycles. The van der Waals surface area contributed by atoms with Crippen LogP contribution < -0.4 is 4.74 Å². The number of hydrogen-bond acceptors (Lipinski definition) is 6. The van der Waals surface area contributed by atoms with Crippen molar-refractivity contribution in [2.24, 2.45) is 0 Å². The molecule has 28 heavy (non-hydrogen) atoms. The SMILES string of the molecule is COc1ccccc1-c1nc(-c2ccccc2O)nc(-c2ccccc2O)n1. The lowest BCUT2D eigenvalue weighted by molar-refractivity contribution is 0.416. The van der Waals surface area contributed by atoms with Crippen molar-refractivity contribution in [2.45, 2.75) is 0 Å². The second-order valence-electron chi connectivity index (χ2n) is 6.04. The molecule has 0 radical (unpaired) electrons. The summed E-state index contributed by atoms with van der Waals surface area (Å²) in [4.78, 5) is 13.6. The molecule has 4 rings (SSSR count). The van der Waals surface area contributed by atoms with E-state index in [1.54, 1.807) is 55.6 Å². The number of ether oxygens (including phenoxy) is 1. The van der Waals surface area contributed by atoms with Gasteiger partial charge in [0.25, 0.3) is 0 Å². The Morgan fingerprint density at radius 3 is 1.43 bits per heavy atom. The van der Waals surface area contributed by atoms with Crippen LogP contribution in [0.4, 0.5) is 0 Å². The van der Waals surface area contributed by atoms with Crippen LogP contribution in [0.3, 0.4) is 0 Å². The summed E-state index contributed by atoms with van der Waals surface area (Å²) in [7, 11) is 1.58. The van der Waals surface area contributed by atoms with E-state index in [-0.39, 0.29) is 11.5 Å². The molecule has 0 aliphatic heterocycles. The Bertz CT molecular complexity index is 1080. The normalized spacial score (nSPS) is 10.6. The van der Waals surface area contributed by atoms with E-state index in [4.69, 9.17) is 4.74 Å². The second-order valence-corrected chi connectivity index (χ2v) is 6.04. The molecule has 2 N–H and O–H groups in total. The Balaban J connectivity index is 1.99. The van der Waals surface area contributed by atoms with Gasteiger partial charge in [0.2, 0.25) is 0 Å². The topological polar surface area (TPSA) is 88.4 Å². The van der Waals surface area contributed by atoms with Crippen LogP contribution in [0.5, 0.6) is 17.2 Å². The van der Waals surface area contributed by atoms with E-state index in [1.165, 1.54) is 0 Å². The first-order chi connectivity index (χ1) is 13.7. The predicted octanol–water partition coefficient (Wildman–Crippen LogP) is 4.29. The average Bonchev–Trinajstić information content (AvgIpc) is 2.74. The van der Waals surface area contributed by atoms with Gasteiger partial charge in [0.1, 0.15) is 17.2 Å². The van der Waals surface area contributed by atoms with E-state index in [2.05, 4.69) is 15.0 Å². The number of phenolic OH excluding ortho intramolecular Hbond substituents is 2. The molecule has 0 bridgehead atoms. The fourth-order valence-electron chi connectivity index (χ4n) is 2.89. The van der Waals surface area contributed by atoms with Crippen LogP contribution in [-0.4, -0.2) is 32.3 Å². The van der Waals surface area contributed by atoms with Gasteiger partial charge in [-0.2, -0.15) is 0 Å². The van der Waals surface area contributed by atoms with Crippen molar-refractivity contribution in [3.8, 4) is 51.4 Å². The van der Waals surface area contributed by atoms with Crippen LogP contribution in [0.15, 0.2) is 72.8 Å². The zero-order chi connectivity index (χ0) is 19.5.